The van der Waals surface area contributed by atoms with Crippen LogP contribution in [0.2, 0.25) is 5.02 Å². The zero-order valence-electron chi connectivity index (χ0n) is 11.9. The number of aromatic hydroxyl groups is 1. The summed E-state index contributed by atoms with van der Waals surface area (Å²) in [7, 11) is 1.31. The second-order valence-electron chi connectivity index (χ2n) is 4.88. The van der Waals surface area contributed by atoms with E-state index >= 15 is 0 Å². The van der Waals surface area contributed by atoms with Gasteiger partial charge in [-0.25, -0.2) is 0 Å². The van der Waals surface area contributed by atoms with Crippen molar-refractivity contribution in [3.05, 3.63) is 39.6 Å². The van der Waals surface area contributed by atoms with Gasteiger partial charge in [-0.1, -0.05) is 11.6 Å². The molecule has 2 rings (SSSR count). The van der Waals surface area contributed by atoms with E-state index in [4.69, 9.17) is 16.3 Å². The molecule has 8 heteroatoms. The van der Waals surface area contributed by atoms with Crippen LogP contribution >= 0.6 is 11.6 Å². The largest absolute Gasteiger partial charge is 0.507 e. The van der Waals surface area contributed by atoms with Gasteiger partial charge in [-0.05, 0) is 42.2 Å². The van der Waals surface area contributed by atoms with E-state index in [0.717, 1.165) is 0 Å². The lowest BCUT2D eigenvalue weighted by Crippen LogP contribution is -2.24. The van der Waals surface area contributed by atoms with Gasteiger partial charge in [0.05, 0.1) is 12.1 Å². The lowest BCUT2D eigenvalue weighted by Gasteiger charge is -2.07. The summed E-state index contributed by atoms with van der Waals surface area (Å²) in [4.78, 5) is 11.2. The van der Waals surface area contributed by atoms with E-state index in [1.807, 2.05) is 0 Å². The molecule has 0 spiro atoms. The van der Waals surface area contributed by atoms with Crippen LogP contribution in [0.1, 0.15) is 18.4 Å². The van der Waals surface area contributed by atoms with E-state index in [1.54, 1.807) is 0 Å². The van der Waals surface area contributed by atoms with Gasteiger partial charge in [0.1, 0.15) is 5.76 Å². The standard InChI is InChI=1S/C15H12ClF3O4/c1-23-11-6-7(5-10(16)13(11)21)4-8-2-3-9(12(8)20)14(22)15(17,18)19/h4-6,20-21H,2-3H2,1H3/b8-4+. The van der Waals surface area contributed by atoms with Crippen LogP contribution in [0.4, 0.5) is 13.2 Å². The van der Waals surface area contributed by atoms with Gasteiger partial charge in [-0.15, -0.1) is 0 Å². The van der Waals surface area contributed by atoms with Gasteiger partial charge in [-0.3, -0.25) is 4.79 Å². The molecule has 0 heterocycles. The van der Waals surface area contributed by atoms with Crippen molar-refractivity contribution in [2.75, 3.05) is 7.11 Å². The molecule has 124 valence electrons. The Kier molecular flexibility index (Phi) is 4.61. The number of carbonyl (C=O) groups is 1. The number of phenols is 1. The first kappa shape index (κ1) is 17.2. The molecular weight excluding hydrogens is 337 g/mol. The summed E-state index contributed by atoms with van der Waals surface area (Å²) >= 11 is 5.82. The lowest BCUT2D eigenvalue weighted by atomic mass is 10.1. The topological polar surface area (TPSA) is 66.8 Å². The number of carbonyl (C=O) groups excluding carboxylic acids is 1. The Labute approximate surface area is 134 Å². The van der Waals surface area contributed by atoms with Crippen LogP contribution in [-0.2, 0) is 4.79 Å². The van der Waals surface area contributed by atoms with E-state index < -0.39 is 23.3 Å². The lowest BCUT2D eigenvalue weighted by molar-refractivity contribution is -0.166. The first-order chi connectivity index (χ1) is 10.6. The first-order valence-electron chi connectivity index (χ1n) is 6.46. The van der Waals surface area contributed by atoms with Gasteiger partial charge in [-0.2, -0.15) is 13.2 Å². The predicted molar refractivity (Wildman–Crippen MR) is 77.6 cm³/mol. The summed E-state index contributed by atoms with van der Waals surface area (Å²) in [6.07, 6.45) is -3.74. The van der Waals surface area contributed by atoms with Crippen molar-refractivity contribution in [3.63, 3.8) is 0 Å². The average molecular weight is 349 g/mol. The van der Waals surface area contributed by atoms with Crippen molar-refractivity contribution >= 4 is 23.5 Å². The molecule has 2 N–H and O–H groups in total. The summed E-state index contributed by atoms with van der Waals surface area (Å²) in [5.74, 6) is -2.90. The molecule has 23 heavy (non-hydrogen) atoms. The molecule has 0 aromatic heterocycles. The normalized spacial score (nSPS) is 17.0. The van der Waals surface area contributed by atoms with Crippen LogP contribution < -0.4 is 4.74 Å². The van der Waals surface area contributed by atoms with Gasteiger partial charge in [0.2, 0.25) is 0 Å². The minimum Gasteiger partial charge on any atom is -0.507 e. The number of aliphatic hydroxyl groups is 1. The number of Topliss-reactive ketones (excluding diaryl/α,β-unsaturated/α-hetero) is 1. The second-order valence-corrected chi connectivity index (χ2v) is 5.28. The van der Waals surface area contributed by atoms with E-state index in [9.17, 15) is 28.2 Å². The summed E-state index contributed by atoms with van der Waals surface area (Å²) < 4.78 is 42.3. The Morgan fingerprint density at radius 2 is 1.96 bits per heavy atom. The van der Waals surface area contributed by atoms with Crippen LogP contribution in [0.3, 0.4) is 0 Å². The molecule has 0 radical (unpaired) electrons. The predicted octanol–water partition coefficient (Wildman–Crippen LogP) is 4.17. The summed E-state index contributed by atoms with van der Waals surface area (Å²) in [5, 5.41) is 19.5. The molecule has 0 saturated heterocycles. The minimum absolute atomic E-state index is 0.00995. The van der Waals surface area contributed by atoms with Crippen molar-refractivity contribution in [1.29, 1.82) is 0 Å². The zero-order valence-corrected chi connectivity index (χ0v) is 12.6. The molecule has 0 bridgehead atoms. The first-order valence-corrected chi connectivity index (χ1v) is 6.84. The van der Waals surface area contributed by atoms with E-state index in [2.05, 4.69) is 0 Å². The number of hydrogen-bond acceptors (Lipinski definition) is 4. The average Bonchev–Trinajstić information content (AvgIpc) is 2.82. The van der Waals surface area contributed by atoms with Crippen molar-refractivity contribution < 1.29 is 32.9 Å². The number of benzene rings is 1. The molecule has 1 aromatic carbocycles. The molecule has 0 atom stereocenters. The highest BCUT2D eigenvalue weighted by Gasteiger charge is 2.43. The third kappa shape index (κ3) is 3.44. The third-order valence-electron chi connectivity index (χ3n) is 3.38. The maximum atomic E-state index is 12.4. The summed E-state index contributed by atoms with van der Waals surface area (Å²) in [6, 6.07) is 2.77. The summed E-state index contributed by atoms with van der Waals surface area (Å²) in [6.45, 7) is 0. The van der Waals surface area contributed by atoms with Gasteiger partial charge in [0, 0.05) is 5.57 Å². The molecule has 0 fully saturated rings. The Morgan fingerprint density at radius 1 is 1.30 bits per heavy atom. The Bertz CT molecular complexity index is 720. The van der Waals surface area contributed by atoms with Crippen LogP contribution in [0.25, 0.3) is 6.08 Å². The number of phenolic OH excluding ortho intramolecular Hbond substituents is 1. The molecule has 0 unspecified atom stereocenters. The molecular formula is C15H12ClF3O4. The minimum atomic E-state index is -5.02. The fourth-order valence-electron chi connectivity index (χ4n) is 2.26. The smallest absolute Gasteiger partial charge is 0.454 e. The summed E-state index contributed by atoms with van der Waals surface area (Å²) in [5.41, 5.74) is -0.0612. The van der Waals surface area contributed by atoms with Gasteiger partial charge in [0.15, 0.2) is 11.5 Å². The Hall–Kier alpha value is -2.15. The fraction of sp³-hybridized carbons (Fsp3) is 0.267. The highest BCUT2D eigenvalue weighted by molar-refractivity contribution is 6.32. The van der Waals surface area contributed by atoms with Crippen LogP contribution in [-0.4, -0.2) is 29.3 Å². The maximum absolute atomic E-state index is 12.4. The van der Waals surface area contributed by atoms with Crippen LogP contribution in [0.5, 0.6) is 11.5 Å². The molecule has 0 amide bonds. The van der Waals surface area contributed by atoms with Crippen molar-refractivity contribution in [2.24, 2.45) is 0 Å². The van der Waals surface area contributed by atoms with E-state index in [0.29, 0.717) is 5.56 Å². The zero-order chi connectivity index (χ0) is 17.4. The van der Waals surface area contributed by atoms with Gasteiger partial charge >= 0.3 is 6.18 Å². The number of allylic oxidation sites excluding steroid dienone is 2. The molecule has 0 saturated carbocycles. The highest BCUT2D eigenvalue weighted by atomic mass is 35.5. The number of methoxy groups -OCH3 is 1. The molecule has 1 aliphatic rings. The van der Waals surface area contributed by atoms with Crippen LogP contribution in [0, 0.1) is 0 Å². The number of hydrogen-bond donors (Lipinski definition) is 2. The maximum Gasteiger partial charge on any atom is 0.454 e. The SMILES string of the molecule is COc1cc(/C=C2\CCC(C(=O)C(F)(F)F)=C2O)cc(Cl)c1O. The van der Waals surface area contributed by atoms with E-state index in [-0.39, 0.29) is 34.9 Å². The molecule has 1 aromatic rings. The molecule has 0 aliphatic heterocycles. The Balaban J connectivity index is 2.41. The number of aliphatic hydroxyl groups excluding tert-OH is 1. The number of ether oxygens (including phenoxy) is 1. The van der Waals surface area contributed by atoms with Gasteiger partial charge < -0.3 is 14.9 Å². The molecule has 4 nitrogen and oxygen atoms in total. The highest BCUT2D eigenvalue weighted by Crippen LogP contribution is 2.38. The number of alkyl halides is 3. The monoisotopic (exact) mass is 348 g/mol. The van der Waals surface area contributed by atoms with Crippen molar-refractivity contribution in [1.82, 2.24) is 0 Å². The second kappa shape index (κ2) is 6.16. The fourth-order valence-corrected chi connectivity index (χ4v) is 2.48. The third-order valence-corrected chi connectivity index (χ3v) is 3.67. The van der Waals surface area contributed by atoms with Gasteiger partial charge in [0.25, 0.3) is 5.78 Å². The van der Waals surface area contributed by atoms with E-state index in [1.165, 1.54) is 25.3 Å². The quantitative estimate of drug-likeness (QED) is 0.860. The van der Waals surface area contributed by atoms with Crippen molar-refractivity contribution in [2.45, 2.75) is 19.0 Å². The number of halogens is 4. The van der Waals surface area contributed by atoms with Crippen molar-refractivity contribution in [3.8, 4) is 11.5 Å². The van der Waals surface area contributed by atoms with Crippen LogP contribution in [0.15, 0.2) is 29.0 Å². The number of ketones is 1. The number of rotatable bonds is 3. The Morgan fingerprint density at radius 3 is 2.52 bits per heavy atom. The molecule has 1 aliphatic carbocycles.